The van der Waals surface area contributed by atoms with Crippen LogP contribution in [0.25, 0.3) is 0 Å². The standard InChI is InChI=1S/C24H32N4O3/c1-5-15-28(19(3)24(31)26-20-9-7-6-8-10-20)17-23(30)27(4)16-22(29)25-21-13-11-18(2)12-14-21/h6-14,19H,5,15-17H2,1-4H3,(H,25,29)(H,26,31). The number of aryl methyl sites for hydroxylation is 1. The number of nitrogens with one attached hydrogen (secondary N) is 2. The van der Waals surface area contributed by atoms with Crippen LogP contribution in [0.5, 0.6) is 0 Å². The predicted octanol–water partition coefficient (Wildman–Crippen LogP) is 3.13. The number of carbonyl (C=O) groups is 3. The van der Waals surface area contributed by atoms with E-state index < -0.39 is 6.04 Å². The van der Waals surface area contributed by atoms with Gasteiger partial charge in [-0.3, -0.25) is 19.3 Å². The van der Waals surface area contributed by atoms with Crippen molar-refractivity contribution in [1.82, 2.24) is 9.80 Å². The fourth-order valence-corrected chi connectivity index (χ4v) is 3.07. The number of hydrogen-bond acceptors (Lipinski definition) is 4. The van der Waals surface area contributed by atoms with Crippen molar-refractivity contribution in [2.45, 2.75) is 33.2 Å². The molecule has 2 N–H and O–H groups in total. The van der Waals surface area contributed by atoms with Crippen molar-refractivity contribution in [3.05, 3.63) is 60.2 Å². The number of amides is 3. The van der Waals surface area contributed by atoms with Gasteiger partial charge in [-0.05, 0) is 51.1 Å². The summed E-state index contributed by atoms with van der Waals surface area (Å²) < 4.78 is 0. The number of rotatable bonds is 10. The Morgan fingerprint density at radius 2 is 1.52 bits per heavy atom. The lowest BCUT2D eigenvalue weighted by Crippen LogP contribution is -2.48. The van der Waals surface area contributed by atoms with Crippen LogP contribution in [0.15, 0.2) is 54.6 Å². The molecule has 0 heterocycles. The molecular formula is C24H32N4O3. The van der Waals surface area contributed by atoms with Gasteiger partial charge in [0.1, 0.15) is 0 Å². The van der Waals surface area contributed by atoms with E-state index in [4.69, 9.17) is 0 Å². The van der Waals surface area contributed by atoms with Crippen molar-refractivity contribution in [3.8, 4) is 0 Å². The molecule has 0 radical (unpaired) electrons. The fraction of sp³-hybridized carbons (Fsp3) is 0.375. The van der Waals surface area contributed by atoms with Crippen LogP contribution >= 0.6 is 0 Å². The Bertz CT molecular complexity index is 868. The topological polar surface area (TPSA) is 81.8 Å². The number of likely N-dealkylation sites (N-methyl/N-ethyl adjacent to an activating group) is 1. The van der Waals surface area contributed by atoms with Gasteiger partial charge in [0, 0.05) is 18.4 Å². The first-order chi connectivity index (χ1) is 14.8. The molecule has 1 unspecified atom stereocenters. The highest BCUT2D eigenvalue weighted by atomic mass is 16.2. The number of carbonyl (C=O) groups excluding carboxylic acids is 3. The Hall–Kier alpha value is -3.19. The van der Waals surface area contributed by atoms with Crippen LogP contribution in [0.1, 0.15) is 25.8 Å². The summed E-state index contributed by atoms with van der Waals surface area (Å²) in [6.45, 7) is 6.35. The molecule has 31 heavy (non-hydrogen) atoms. The van der Waals surface area contributed by atoms with Gasteiger partial charge in [0.25, 0.3) is 0 Å². The largest absolute Gasteiger partial charge is 0.335 e. The summed E-state index contributed by atoms with van der Waals surface area (Å²) in [5.74, 6) is -0.657. The summed E-state index contributed by atoms with van der Waals surface area (Å²) in [4.78, 5) is 40.9. The van der Waals surface area contributed by atoms with Gasteiger partial charge < -0.3 is 15.5 Å². The monoisotopic (exact) mass is 424 g/mol. The fourth-order valence-electron chi connectivity index (χ4n) is 3.07. The van der Waals surface area contributed by atoms with Crippen molar-refractivity contribution in [3.63, 3.8) is 0 Å². The van der Waals surface area contributed by atoms with E-state index in [1.807, 2.05) is 73.3 Å². The van der Waals surface area contributed by atoms with Crippen LogP contribution in [-0.2, 0) is 14.4 Å². The van der Waals surface area contributed by atoms with Gasteiger partial charge >= 0.3 is 0 Å². The SMILES string of the molecule is CCCN(CC(=O)N(C)CC(=O)Nc1ccc(C)cc1)C(C)C(=O)Nc1ccccc1. The highest BCUT2D eigenvalue weighted by Gasteiger charge is 2.24. The number of nitrogens with zero attached hydrogens (tertiary/aromatic N) is 2. The third-order valence-corrected chi connectivity index (χ3v) is 4.96. The summed E-state index contributed by atoms with van der Waals surface area (Å²) in [5.41, 5.74) is 2.51. The molecule has 7 nitrogen and oxygen atoms in total. The molecule has 1 atom stereocenters. The van der Waals surface area contributed by atoms with E-state index in [0.29, 0.717) is 17.9 Å². The summed E-state index contributed by atoms with van der Waals surface area (Å²) in [6.07, 6.45) is 0.799. The van der Waals surface area contributed by atoms with Gasteiger partial charge in [0.15, 0.2) is 0 Å². The zero-order valence-corrected chi connectivity index (χ0v) is 18.7. The maximum atomic E-state index is 12.7. The lowest BCUT2D eigenvalue weighted by Gasteiger charge is -2.29. The van der Waals surface area contributed by atoms with Crippen molar-refractivity contribution in [1.29, 1.82) is 0 Å². The third-order valence-electron chi connectivity index (χ3n) is 4.96. The van der Waals surface area contributed by atoms with Crippen LogP contribution in [0.4, 0.5) is 11.4 Å². The Kier molecular flexibility index (Phi) is 9.21. The molecule has 0 saturated carbocycles. The molecule has 0 bridgehead atoms. The van der Waals surface area contributed by atoms with Crippen molar-refractivity contribution in [2.24, 2.45) is 0 Å². The maximum absolute atomic E-state index is 12.7. The molecule has 7 heteroatoms. The molecule has 0 aromatic heterocycles. The quantitative estimate of drug-likeness (QED) is 0.614. The van der Waals surface area contributed by atoms with E-state index in [-0.39, 0.29) is 30.8 Å². The molecule has 0 aliphatic heterocycles. The number of anilines is 2. The van der Waals surface area contributed by atoms with E-state index >= 15 is 0 Å². The molecule has 166 valence electrons. The summed E-state index contributed by atoms with van der Waals surface area (Å²) in [6, 6.07) is 16.2. The molecule has 2 aromatic rings. The second-order valence-electron chi connectivity index (χ2n) is 7.67. The lowest BCUT2D eigenvalue weighted by atomic mass is 10.2. The zero-order chi connectivity index (χ0) is 22.8. The first-order valence-electron chi connectivity index (χ1n) is 10.5. The highest BCUT2D eigenvalue weighted by Crippen LogP contribution is 2.10. The Morgan fingerprint density at radius 3 is 2.13 bits per heavy atom. The summed E-state index contributed by atoms with van der Waals surface area (Å²) >= 11 is 0. The van der Waals surface area contributed by atoms with Crippen LogP contribution in [0.3, 0.4) is 0 Å². The van der Waals surface area contributed by atoms with Gasteiger partial charge in [0.2, 0.25) is 17.7 Å². The second kappa shape index (κ2) is 11.9. The molecule has 0 fully saturated rings. The van der Waals surface area contributed by atoms with Crippen LogP contribution in [0.2, 0.25) is 0 Å². The van der Waals surface area contributed by atoms with E-state index in [9.17, 15) is 14.4 Å². The first kappa shape index (κ1) is 24.1. The Balaban J connectivity index is 1.91. The zero-order valence-electron chi connectivity index (χ0n) is 18.7. The minimum atomic E-state index is -0.487. The predicted molar refractivity (Wildman–Crippen MR) is 124 cm³/mol. The van der Waals surface area contributed by atoms with E-state index in [2.05, 4.69) is 10.6 Å². The second-order valence-corrected chi connectivity index (χ2v) is 7.67. The molecular weight excluding hydrogens is 392 g/mol. The van der Waals surface area contributed by atoms with E-state index in [1.165, 1.54) is 4.90 Å². The third kappa shape index (κ3) is 7.86. The average Bonchev–Trinajstić information content (AvgIpc) is 2.75. The lowest BCUT2D eigenvalue weighted by molar-refractivity contribution is -0.135. The number of hydrogen-bond donors (Lipinski definition) is 2. The molecule has 0 aliphatic rings. The summed E-state index contributed by atoms with van der Waals surface area (Å²) in [7, 11) is 1.59. The average molecular weight is 425 g/mol. The molecule has 2 aromatic carbocycles. The van der Waals surface area contributed by atoms with E-state index in [0.717, 1.165) is 12.0 Å². The minimum Gasteiger partial charge on any atom is -0.335 e. The molecule has 0 saturated heterocycles. The van der Waals surface area contributed by atoms with Crippen molar-refractivity contribution >= 4 is 29.1 Å². The maximum Gasteiger partial charge on any atom is 0.243 e. The van der Waals surface area contributed by atoms with Crippen LogP contribution in [-0.4, -0.2) is 60.2 Å². The first-order valence-corrected chi connectivity index (χ1v) is 10.5. The van der Waals surface area contributed by atoms with Gasteiger partial charge in [-0.2, -0.15) is 0 Å². The molecule has 0 spiro atoms. The highest BCUT2D eigenvalue weighted by molar-refractivity contribution is 5.96. The Labute approximate surface area is 184 Å². The number of benzene rings is 2. The summed E-state index contributed by atoms with van der Waals surface area (Å²) in [5, 5.41) is 5.67. The van der Waals surface area contributed by atoms with E-state index in [1.54, 1.807) is 14.0 Å². The van der Waals surface area contributed by atoms with Gasteiger partial charge in [-0.25, -0.2) is 0 Å². The van der Waals surface area contributed by atoms with Crippen LogP contribution < -0.4 is 10.6 Å². The number of para-hydroxylation sites is 1. The van der Waals surface area contributed by atoms with Crippen LogP contribution in [0, 0.1) is 6.92 Å². The normalized spacial score (nSPS) is 11.6. The van der Waals surface area contributed by atoms with Gasteiger partial charge in [0.05, 0.1) is 19.1 Å². The van der Waals surface area contributed by atoms with Gasteiger partial charge in [-0.15, -0.1) is 0 Å². The molecule has 0 aliphatic carbocycles. The molecule has 3 amide bonds. The minimum absolute atomic E-state index is 0.0583. The van der Waals surface area contributed by atoms with Crippen molar-refractivity contribution < 1.29 is 14.4 Å². The van der Waals surface area contributed by atoms with Gasteiger partial charge in [-0.1, -0.05) is 42.8 Å². The Morgan fingerprint density at radius 1 is 0.903 bits per heavy atom. The molecule has 2 rings (SSSR count). The smallest absolute Gasteiger partial charge is 0.243 e. The van der Waals surface area contributed by atoms with Crippen molar-refractivity contribution in [2.75, 3.05) is 37.3 Å².